The molecule has 0 heterocycles. The fourth-order valence-corrected chi connectivity index (χ4v) is 1.71. The van der Waals surface area contributed by atoms with Gasteiger partial charge in [-0.05, 0) is 25.7 Å². The van der Waals surface area contributed by atoms with E-state index in [0.717, 1.165) is 0 Å². The van der Waals surface area contributed by atoms with Crippen LogP contribution in [-0.2, 0) is 19.1 Å². The van der Waals surface area contributed by atoms with Crippen LogP contribution in [0.3, 0.4) is 0 Å². The van der Waals surface area contributed by atoms with Gasteiger partial charge in [-0.25, -0.2) is 0 Å². The van der Waals surface area contributed by atoms with E-state index in [2.05, 4.69) is 0 Å². The van der Waals surface area contributed by atoms with Gasteiger partial charge in [0.2, 0.25) is 0 Å². The monoisotopic (exact) mass is 318 g/mol. The van der Waals surface area contributed by atoms with Crippen LogP contribution in [0.4, 0.5) is 0 Å². The third kappa shape index (κ3) is 12.6. The number of carbonyl (C=O) groups excluding carboxylic acids is 2. The van der Waals surface area contributed by atoms with Crippen molar-refractivity contribution in [1.82, 2.24) is 0 Å². The molecule has 0 rings (SSSR count). The molecule has 0 amide bonds. The summed E-state index contributed by atoms with van der Waals surface area (Å²) in [4.78, 5) is 22.8. The van der Waals surface area contributed by atoms with E-state index in [0.29, 0.717) is 38.5 Å². The average molecular weight is 318 g/mol. The van der Waals surface area contributed by atoms with Gasteiger partial charge in [0.25, 0.3) is 0 Å². The Labute approximate surface area is 132 Å². The lowest BCUT2D eigenvalue weighted by Gasteiger charge is -2.09. The van der Waals surface area contributed by atoms with Crippen LogP contribution in [0.1, 0.15) is 65.2 Å². The van der Waals surface area contributed by atoms with Gasteiger partial charge in [0.1, 0.15) is 0 Å². The molecule has 2 N–H and O–H groups in total. The minimum absolute atomic E-state index is 0.232. The first kappa shape index (κ1) is 20.9. The van der Waals surface area contributed by atoms with Crippen molar-refractivity contribution in [3.8, 4) is 0 Å². The Morgan fingerprint density at radius 2 is 1.18 bits per heavy atom. The normalized spacial score (nSPS) is 13.5. The van der Waals surface area contributed by atoms with Crippen LogP contribution in [-0.4, -0.2) is 47.6 Å². The van der Waals surface area contributed by atoms with Crippen LogP contribution in [0.15, 0.2) is 0 Å². The second-order valence-electron chi connectivity index (χ2n) is 5.35. The van der Waals surface area contributed by atoms with Gasteiger partial charge in [0.05, 0.1) is 25.4 Å². The number of unbranched alkanes of at least 4 members (excludes halogenated alkanes) is 1. The predicted octanol–water partition coefficient (Wildman–Crippen LogP) is 1.96. The zero-order chi connectivity index (χ0) is 16.8. The van der Waals surface area contributed by atoms with E-state index in [1.165, 1.54) is 0 Å². The van der Waals surface area contributed by atoms with E-state index < -0.39 is 12.2 Å². The van der Waals surface area contributed by atoms with Crippen LogP contribution in [0.2, 0.25) is 0 Å². The van der Waals surface area contributed by atoms with Crippen molar-refractivity contribution in [3.63, 3.8) is 0 Å². The molecule has 0 aliphatic rings. The SMILES string of the molecule is CCC(O)CCOC(=O)CCCCC(=O)OCCC(O)CC. The summed E-state index contributed by atoms with van der Waals surface area (Å²) in [5.74, 6) is -0.606. The third-order valence-corrected chi connectivity index (χ3v) is 3.38. The maximum absolute atomic E-state index is 11.4. The minimum Gasteiger partial charge on any atom is -0.466 e. The average Bonchev–Trinajstić information content (AvgIpc) is 2.51. The first-order chi connectivity index (χ1) is 10.5. The molecule has 2 unspecified atom stereocenters. The van der Waals surface area contributed by atoms with Gasteiger partial charge < -0.3 is 19.7 Å². The Hall–Kier alpha value is -1.14. The Balaban J connectivity index is 3.47. The van der Waals surface area contributed by atoms with E-state index in [1.807, 2.05) is 13.8 Å². The number of ether oxygens (including phenoxy) is 2. The number of aliphatic hydroxyl groups is 2. The Kier molecular flexibility index (Phi) is 12.8. The Morgan fingerprint density at radius 3 is 1.50 bits per heavy atom. The van der Waals surface area contributed by atoms with Crippen LogP contribution >= 0.6 is 0 Å². The minimum atomic E-state index is -0.422. The molecule has 0 aromatic carbocycles. The van der Waals surface area contributed by atoms with E-state index in [1.54, 1.807) is 0 Å². The summed E-state index contributed by atoms with van der Waals surface area (Å²) in [5.41, 5.74) is 0. The highest BCUT2D eigenvalue weighted by Gasteiger charge is 2.08. The number of carbonyl (C=O) groups is 2. The fraction of sp³-hybridized carbons (Fsp3) is 0.875. The molecule has 0 aliphatic carbocycles. The maximum atomic E-state index is 11.4. The molecule has 0 bridgehead atoms. The van der Waals surface area contributed by atoms with Crippen molar-refractivity contribution in [3.05, 3.63) is 0 Å². The lowest BCUT2D eigenvalue weighted by atomic mass is 10.2. The smallest absolute Gasteiger partial charge is 0.305 e. The van der Waals surface area contributed by atoms with Gasteiger partial charge in [-0.3, -0.25) is 9.59 Å². The molecule has 0 aliphatic heterocycles. The largest absolute Gasteiger partial charge is 0.466 e. The van der Waals surface area contributed by atoms with Crippen molar-refractivity contribution in [2.75, 3.05) is 13.2 Å². The number of aliphatic hydroxyl groups excluding tert-OH is 2. The van der Waals surface area contributed by atoms with Crippen molar-refractivity contribution >= 4 is 11.9 Å². The number of hydrogen-bond donors (Lipinski definition) is 2. The molecule has 2 atom stereocenters. The first-order valence-electron chi connectivity index (χ1n) is 8.16. The van der Waals surface area contributed by atoms with Crippen LogP contribution in [0.25, 0.3) is 0 Å². The van der Waals surface area contributed by atoms with E-state index in [9.17, 15) is 19.8 Å². The summed E-state index contributed by atoms with van der Waals surface area (Å²) >= 11 is 0. The molecular formula is C16H30O6. The summed E-state index contributed by atoms with van der Waals surface area (Å²) in [7, 11) is 0. The molecule has 0 saturated carbocycles. The molecule has 0 aromatic heterocycles. The van der Waals surface area contributed by atoms with Gasteiger partial charge in [0, 0.05) is 25.7 Å². The van der Waals surface area contributed by atoms with Crippen molar-refractivity contribution in [2.24, 2.45) is 0 Å². The van der Waals surface area contributed by atoms with E-state index in [-0.39, 0.29) is 38.0 Å². The highest BCUT2D eigenvalue weighted by Crippen LogP contribution is 2.05. The van der Waals surface area contributed by atoms with Crippen molar-refractivity contribution in [2.45, 2.75) is 77.4 Å². The Bertz CT molecular complexity index is 275. The molecule has 130 valence electrons. The predicted molar refractivity (Wildman–Crippen MR) is 82.2 cm³/mol. The van der Waals surface area contributed by atoms with Crippen molar-refractivity contribution < 1.29 is 29.3 Å². The second-order valence-corrected chi connectivity index (χ2v) is 5.35. The summed E-state index contributed by atoms with van der Waals surface area (Å²) in [5, 5.41) is 18.6. The van der Waals surface area contributed by atoms with Gasteiger partial charge in [-0.2, -0.15) is 0 Å². The van der Waals surface area contributed by atoms with Gasteiger partial charge in [-0.1, -0.05) is 13.8 Å². The molecule has 22 heavy (non-hydrogen) atoms. The number of esters is 2. The van der Waals surface area contributed by atoms with Gasteiger partial charge in [-0.15, -0.1) is 0 Å². The molecule has 0 aromatic rings. The Morgan fingerprint density at radius 1 is 0.818 bits per heavy atom. The number of hydrogen-bond acceptors (Lipinski definition) is 6. The summed E-state index contributed by atoms with van der Waals surface area (Å²) in [6.07, 6.45) is 3.04. The highest BCUT2D eigenvalue weighted by atomic mass is 16.5. The van der Waals surface area contributed by atoms with Gasteiger partial charge >= 0.3 is 11.9 Å². The fourth-order valence-electron chi connectivity index (χ4n) is 1.71. The zero-order valence-electron chi connectivity index (χ0n) is 13.8. The first-order valence-corrected chi connectivity index (χ1v) is 8.16. The quantitative estimate of drug-likeness (QED) is 0.398. The molecule has 0 fully saturated rings. The standard InChI is InChI=1S/C16H30O6/c1-3-13(17)9-11-21-15(19)7-5-6-8-16(20)22-12-10-14(18)4-2/h13-14,17-18H,3-12H2,1-2H3. The molecule has 6 heteroatoms. The van der Waals surface area contributed by atoms with Gasteiger partial charge in [0.15, 0.2) is 0 Å². The maximum Gasteiger partial charge on any atom is 0.305 e. The molecule has 6 nitrogen and oxygen atoms in total. The second kappa shape index (κ2) is 13.5. The topological polar surface area (TPSA) is 93.1 Å². The van der Waals surface area contributed by atoms with Crippen LogP contribution in [0, 0.1) is 0 Å². The molecule has 0 radical (unpaired) electrons. The molecule has 0 saturated heterocycles. The summed E-state index contributed by atoms with van der Waals surface area (Å²) in [6, 6.07) is 0. The number of rotatable bonds is 13. The lowest BCUT2D eigenvalue weighted by molar-refractivity contribution is -0.146. The highest BCUT2D eigenvalue weighted by molar-refractivity contribution is 5.70. The zero-order valence-corrected chi connectivity index (χ0v) is 13.8. The van der Waals surface area contributed by atoms with Crippen LogP contribution in [0.5, 0.6) is 0 Å². The third-order valence-electron chi connectivity index (χ3n) is 3.38. The van der Waals surface area contributed by atoms with Crippen molar-refractivity contribution in [1.29, 1.82) is 0 Å². The van der Waals surface area contributed by atoms with Crippen LogP contribution < -0.4 is 0 Å². The molecular weight excluding hydrogens is 288 g/mol. The molecule has 0 spiro atoms. The van der Waals surface area contributed by atoms with E-state index >= 15 is 0 Å². The lowest BCUT2D eigenvalue weighted by Crippen LogP contribution is -2.13. The summed E-state index contributed by atoms with van der Waals surface area (Å²) < 4.78 is 9.96. The summed E-state index contributed by atoms with van der Waals surface area (Å²) in [6.45, 7) is 4.20. The van der Waals surface area contributed by atoms with E-state index in [4.69, 9.17) is 9.47 Å².